The molecule has 1 aliphatic carbocycles. The van der Waals surface area contributed by atoms with Crippen molar-refractivity contribution in [1.29, 1.82) is 0 Å². The molecule has 7 heteroatoms. The van der Waals surface area contributed by atoms with Gasteiger partial charge in [-0.05, 0) is 54.7 Å². The third-order valence-electron chi connectivity index (χ3n) is 5.09. The number of fused-ring (bicyclic) bond motifs is 2. The summed E-state index contributed by atoms with van der Waals surface area (Å²) < 4.78 is 10.4. The number of amides is 2. The van der Waals surface area contributed by atoms with E-state index >= 15 is 0 Å². The van der Waals surface area contributed by atoms with E-state index in [1.165, 1.54) is 16.0 Å². The van der Waals surface area contributed by atoms with Crippen molar-refractivity contribution in [3.8, 4) is 5.75 Å². The van der Waals surface area contributed by atoms with Crippen molar-refractivity contribution < 1.29 is 23.9 Å². The number of para-hydroxylation sites is 2. The molecule has 0 radical (unpaired) electrons. The zero-order valence-electron chi connectivity index (χ0n) is 16.0. The smallest absolute Gasteiger partial charge is 0.308 e. The minimum absolute atomic E-state index is 0.00774. The molecule has 7 nitrogen and oxygen atoms in total. The van der Waals surface area contributed by atoms with E-state index in [0.717, 1.165) is 19.3 Å². The minimum atomic E-state index is -0.536. The third kappa shape index (κ3) is 4.39. The van der Waals surface area contributed by atoms with Gasteiger partial charge in [-0.1, -0.05) is 18.2 Å². The van der Waals surface area contributed by atoms with E-state index in [4.69, 9.17) is 9.47 Å². The van der Waals surface area contributed by atoms with Crippen LogP contribution in [0, 0.1) is 0 Å². The van der Waals surface area contributed by atoms with E-state index in [1.54, 1.807) is 18.2 Å². The highest BCUT2D eigenvalue weighted by Crippen LogP contribution is 2.31. The molecule has 1 N–H and O–H groups in total. The largest absolute Gasteiger partial charge is 0.482 e. The van der Waals surface area contributed by atoms with E-state index < -0.39 is 5.97 Å². The number of anilines is 2. The van der Waals surface area contributed by atoms with Gasteiger partial charge in [0.05, 0.1) is 12.1 Å². The summed E-state index contributed by atoms with van der Waals surface area (Å²) in [6.07, 6.45) is 3.24. The minimum Gasteiger partial charge on any atom is -0.482 e. The molecule has 150 valence electrons. The van der Waals surface area contributed by atoms with E-state index in [9.17, 15) is 14.4 Å². The van der Waals surface area contributed by atoms with Gasteiger partial charge >= 0.3 is 5.97 Å². The maximum Gasteiger partial charge on any atom is 0.308 e. The Morgan fingerprint density at radius 1 is 1.10 bits per heavy atom. The van der Waals surface area contributed by atoms with Gasteiger partial charge in [0.1, 0.15) is 5.75 Å². The molecule has 2 aromatic rings. The molecule has 4 rings (SSSR count). The molecule has 0 atom stereocenters. The molecule has 0 aromatic heterocycles. The number of hydrogen-bond acceptors (Lipinski definition) is 5. The van der Waals surface area contributed by atoms with Crippen molar-refractivity contribution in [3.63, 3.8) is 0 Å². The molecule has 29 heavy (non-hydrogen) atoms. The molecule has 1 aliphatic heterocycles. The SMILES string of the molecule is O=C(COC(=O)CCN1C(=O)COc2ccccc21)Nc1ccc2c(c1)CCC2. The van der Waals surface area contributed by atoms with Gasteiger partial charge in [-0.25, -0.2) is 0 Å². The Labute approximate surface area is 168 Å². The number of hydrogen-bond donors (Lipinski definition) is 1. The third-order valence-corrected chi connectivity index (χ3v) is 5.09. The van der Waals surface area contributed by atoms with Crippen LogP contribution in [0.4, 0.5) is 11.4 Å². The number of ether oxygens (including phenoxy) is 2. The first-order valence-corrected chi connectivity index (χ1v) is 9.69. The lowest BCUT2D eigenvalue weighted by Gasteiger charge is -2.28. The summed E-state index contributed by atoms with van der Waals surface area (Å²) in [7, 11) is 0. The summed E-state index contributed by atoms with van der Waals surface area (Å²) in [5.41, 5.74) is 3.93. The fourth-order valence-corrected chi connectivity index (χ4v) is 3.67. The van der Waals surface area contributed by atoms with Gasteiger partial charge in [0.25, 0.3) is 11.8 Å². The van der Waals surface area contributed by atoms with E-state index in [-0.39, 0.29) is 38.0 Å². The Morgan fingerprint density at radius 3 is 2.83 bits per heavy atom. The predicted octanol–water partition coefficient (Wildman–Crippen LogP) is 2.47. The number of benzene rings is 2. The van der Waals surface area contributed by atoms with Crippen LogP contribution in [-0.2, 0) is 32.0 Å². The summed E-state index contributed by atoms with van der Waals surface area (Å²) in [4.78, 5) is 37.7. The van der Waals surface area contributed by atoms with Crippen LogP contribution in [0.5, 0.6) is 5.75 Å². The highest BCUT2D eigenvalue weighted by Gasteiger charge is 2.25. The molecule has 2 aromatic carbocycles. The van der Waals surface area contributed by atoms with Crippen molar-refractivity contribution in [2.24, 2.45) is 0 Å². The van der Waals surface area contributed by atoms with Crippen molar-refractivity contribution in [2.45, 2.75) is 25.7 Å². The van der Waals surface area contributed by atoms with Crippen molar-refractivity contribution in [3.05, 3.63) is 53.6 Å². The van der Waals surface area contributed by atoms with Gasteiger partial charge in [0, 0.05) is 12.2 Å². The van der Waals surface area contributed by atoms with Crippen LogP contribution in [0.1, 0.15) is 24.0 Å². The molecule has 2 aliphatic rings. The Bertz CT molecular complexity index is 956. The second-order valence-corrected chi connectivity index (χ2v) is 7.10. The fourth-order valence-electron chi connectivity index (χ4n) is 3.67. The number of aryl methyl sites for hydroxylation is 2. The Morgan fingerprint density at radius 2 is 1.93 bits per heavy atom. The molecule has 0 unspecified atom stereocenters. The topological polar surface area (TPSA) is 84.9 Å². The zero-order valence-corrected chi connectivity index (χ0v) is 16.0. The lowest BCUT2D eigenvalue weighted by molar-refractivity contribution is -0.147. The summed E-state index contributed by atoms with van der Waals surface area (Å²) in [6.45, 7) is -0.247. The van der Waals surface area contributed by atoms with Gasteiger partial charge in [-0.15, -0.1) is 0 Å². The fraction of sp³-hybridized carbons (Fsp3) is 0.318. The molecule has 0 saturated heterocycles. The quantitative estimate of drug-likeness (QED) is 0.761. The van der Waals surface area contributed by atoms with Crippen LogP contribution in [0.2, 0.25) is 0 Å². The highest BCUT2D eigenvalue weighted by molar-refractivity contribution is 5.98. The summed E-state index contributed by atoms with van der Waals surface area (Å²) in [5, 5.41) is 2.76. The second-order valence-electron chi connectivity index (χ2n) is 7.10. The van der Waals surface area contributed by atoms with Gasteiger partial charge in [0.2, 0.25) is 0 Å². The Hall–Kier alpha value is -3.35. The maximum atomic E-state index is 12.1. The lowest BCUT2D eigenvalue weighted by atomic mass is 10.1. The average Bonchev–Trinajstić information content (AvgIpc) is 3.19. The number of carbonyl (C=O) groups is 3. The van der Waals surface area contributed by atoms with Gasteiger partial charge < -0.3 is 19.7 Å². The number of carbonyl (C=O) groups excluding carboxylic acids is 3. The zero-order chi connectivity index (χ0) is 20.2. The highest BCUT2D eigenvalue weighted by atomic mass is 16.5. The van der Waals surface area contributed by atoms with Crippen molar-refractivity contribution in [1.82, 2.24) is 0 Å². The van der Waals surface area contributed by atoms with Crippen LogP contribution in [0.25, 0.3) is 0 Å². The molecule has 1 heterocycles. The summed E-state index contributed by atoms with van der Waals surface area (Å²) >= 11 is 0. The van der Waals surface area contributed by atoms with Crippen LogP contribution >= 0.6 is 0 Å². The molecule has 0 fully saturated rings. The Balaban J connectivity index is 1.25. The molecule has 0 saturated carbocycles. The first-order chi connectivity index (χ1) is 14.1. The summed E-state index contributed by atoms with van der Waals surface area (Å²) in [6, 6.07) is 13.0. The predicted molar refractivity (Wildman–Crippen MR) is 107 cm³/mol. The van der Waals surface area contributed by atoms with Gasteiger partial charge in [-0.3, -0.25) is 14.4 Å². The lowest BCUT2D eigenvalue weighted by Crippen LogP contribution is -2.40. The van der Waals surface area contributed by atoms with Crippen molar-refractivity contribution in [2.75, 3.05) is 30.0 Å². The number of nitrogens with zero attached hydrogens (tertiary/aromatic N) is 1. The number of rotatable bonds is 6. The molecule has 0 spiro atoms. The standard InChI is InChI=1S/C22H22N2O5/c25-20(23-17-9-8-15-4-3-5-16(15)12-17)13-29-22(27)10-11-24-18-6-1-2-7-19(18)28-14-21(24)26/h1-2,6-9,12H,3-5,10-11,13-14H2,(H,23,25). The molecule has 2 amide bonds. The Kier molecular flexibility index (Phi) is 5.46. The molecular formula is C22H22N2O5. The molecule has 0 bridgehead atoms. The monoisotopic (exact) mass is 394 g/mol. The van der Waals surface area contributed by atoms with Crippen LogP contribution in [0.3, 0.4) is 0 Å². The van der Waals surface area contributed by atoms with Crippen LogP contribution in [0.15, 0.2) is 42.5 Å². The van der Waals surface area contributed by atoms with Crippen LogP contribution < -0.4 is 15.0 Å². The first kappa shape index (κ1) is 19.0. The van der Waals surface area contributed by atoms with Gasteiger partial charge in [0.15, 0.2) is 13.2 Å². The number of nitrogens with one attached hydrogen (secondary N) is 1. The average molecular weight is 394 g/mol. The summed E-state index contributed by atoms with van der Waals surface area (Å²) in [5.74, 6) is -0.532. The van der Waals surface area contributed by atoms with E-state index in [2.05, 4.69) is 5.32 Å². The van der Waals surface area contributed by atoms with Crippen molar-refractivity contribution >= 4 is 29.2 Å². The maximum absolute atomic E-state index is 12.1. The second kappa shape index (κ2) is 8.34. The van der Waals surface area contributed by atoms with E-state index in [0.29, 0.717) is 17.1 Å². The van der Waals surface area contributed by atoms with Crippen LogP contribution in [-0.4, -0.2) is 37.5 Å². The van der Waals surface area contributed by atoms with Gasteiger partial charge in [-0.2, -0.15) is 0 Å². The first-order valence-electron chi connectivity index (χ1n) is 9.69. The normalized spacial score (nSPS) is 14.6. The molecular weight excluding hydrogens is 372 g/mol. The van der Waals surface area contributed by atoms with E-state index in [1.807, 2.05) is 24.3 Å². The number of esters is 1.